The van der Waals surface area contributed by atoms with Crippen LogP contribution in [0, 0.1) is 0 Å². The average Bonchev–Trinajstić information content (AvgIpc) is 3.36. The largest absolute Gasteiger partial charge is 0.416 e. The van der Waals surface area contributed by atoms with E-state index in [4.69, 9.17) is 0 Å². The van der Waals surface area contributed by atoms with E-state index < -0.39 is 17.7 Å². The molecule has 9 heteroatoms. The molecule has 6 nitrogen and oxygen atoms in total. The number of benzene rings is 1. The van der Waals surface area contributed by atoms with Gasteiger partial charge in [0.1, 0.15) is 12.1 Å². The minimum atomic E-state index is -4.40. The molecule has 5 rings (SSSR count). The van der Waals surface area contributed by atoms with Gasteiger partial charge in [0.15, 0.2) is 0 Å². The van der Waals surface area contributed by atoms with Gasteiger partial charge in [0.25, 0.3) is 0 Å². The van der Waals surface area contributed by atoms with Crippen molar-refractivity contribution in [1.82, 2.24) is 20.2 Å². The van der Waals surface area contributed by atoms with E-state index in [1.165, 1.54) is 17.7 Å². The molecule has 3 aliphatic rings. The number of carbonyl (C=O) groups is 1. The van der Waals surface area contributed by atoms with Crippen LogP contribution in [0.4, 0.5) is 19.0 Å². The Morgan fingerprint density at radius 1 is 1.05 bits per heavy atom. The van der Waals surface area contributed by atoms with E-state index in [0.717, 1.165) is 42.9 Å². The molecule has 1 aromatic carbocycles. The topological polar surface area (TPSA) is 61.4 Å². The van der Waals surface area contributed by atoms with Crippen LogP contribution in [-0.2, 0) is 11.0 Å². The zero-order chi connectivity index (χ0) is 26.5. The maximum atomic E-state index is 13.9. The molecule has 0 saturated carbocycles. The summed E-state index contributed by atoms with van der Waals surface area (Å²) in [6, 6.07) is 5.00. The minimum Gasteiger partial charge on any atom is -0.353 e. The smallest absolute Gasteiger partial charge is 0.353 e. The standard InChI is InChI=1S/C28H36F3N5O/c1-17-15-18(2)24-22(17)25(33-16-32-24)35-11-13-36(14-12-35)26(37)23(21-9-10-27(3,4)34-21)19-5-7-20(8-6-19)28(29,30)31/h5-8,16-18,21,23,34H,9-15H2,1-4H3/t17-,18?,21+,23+/m1/s1. The van der Waals surface area contributed by atoms with Crippen LogP contribution in [0.2, 0.25) is 0 Å². The lowest BCUT2D eigenvalue weighted by atomic mass is 9.88. The first-order valence-electron chi connectivity index (χ1n) is 13.3. The highest BCUT2D eigenvalue weighted by atomic mass is 19.4. The normalized spacial score (nSPS) is 26.3. The number of nitrogens with one attached hydrogen (secondary N) is 1. The number of hydrogen-bond acceptors (Lipinski definition) is 5. The SMILES string of the molecule is CC1C[C@@H](C)c2c1ncnc2N1CCN(C(=O)[C@@H](c2ccc(C(F)(F)F)cc2)[C@@H]2CCC(C)(C)N2)CC1. The van der Waals surface area contributed by atoms with Crippen molar-refractivity contribution < 1.29 is 18.0 Å². The molecule has 4 atom stereocenters. The van der Waals surface area contributed by atoms with Gasteiger partial charge in [0, 0.05) is 43.3 Å². The number of amides is 1. The number of aromatic nitrogens is 2. The van der Waals surface area contributed by atoms with Crippen molar-refractivity contribution in [1.29, 1.82) is 0 Å². The molecule has 0 bridgehead atoms. The summed E-state index contributed by atoms with van der Waals surface area (Å²) in [6.45, 7) is 11.1. The molecule has 0 spiro atoms. The number of fused-ring (bicyclic) bond motifs is 1. The van der Waals surface area contributed by atoms with E-state index in [0.29, 0.717) is 43.6 Å². The number of halogens is 3. The number of anilines is 1. The molecule has 2 saturated heterocycles. The lowest BCUT2D eigenvalue weighted by molar-refractivity contribution is -0.137. The quantitative estimate of drug-likeness (QED) is 0.616. The lowest BCUT2D eigenvalue weighted by Crippen LogP contribution is -2.53. The fraction of sp³-hybridized carbons (Fsp3) is 0.607. The Morgan fingerprint density at radius 3 is 2.32 bits per heavy atom. The molecular weight excluding hydrogens is 479 g/mol. The molecule has 1 aliphatic carbocycles. The van der Waals surface area contributed by atoms with Gasteiger partial charge in [-0.1, -0.05) is 26.0 Å². The van der Waals surface area contributed by atoms with Gasteiger partial charge in [0.05, 0.1) is 17.2 Å². The first-order valence-corrected chi connectivity index (χ1v) is 13.3. The summed E-state index contributed by atoms with van der Waals surface area (Å²) in [5, 5.41) is 3.57. The highest BCUT2D eigenvalue weighted by molar-refractivity contribution is 5.85. The second kappa shape index (κ2) is 9.57. The van der Waals surface area contributed by atoms with Crippen LogP contribution in [0.5, 0.6) is 0 Å². The Balaban J connectivity index is 1.35. The summed E-state index contributed by atoms with van der Waals surface area (Å²) in [5.74, 6) is 1.25. The Bertz CT molecular complexity index is 1140. The lowest BCUT2D eigenvalue weighted by Gasteiger charge is -2.39. The van der Waals surface area contributed by atoms with E-state index in [1.54, 1.807) is 6.33 Å². The van der Waals surface area contributed by atoms with E-state index in [1.807, 2.05) is 4.90 Å². The van der Waals surface area contributed by atoms with Crippen molar-refractivity contribution in [3.8, 4) is 0 Å². The van der Waals surface area contributed by atoms with Crippen LogP contribution in [-0.4, -0.2) is 58.5 Å². The Kier molecular flexibility index (Phi) is 6.71. The van der Waals surface area contributed by atoms with Crippen LogP contribution in [0.1, 0.15) is 87.1 Å². The molecule has 3 heterocycles. The zero-order valence-electron chi connectivity index (χ0n) is 22.0. The minimum absolute atomic E-state index is 0.0236. The fourth-order valence-electron chi connectivity index (χ4n) is 6.45. The van der Waals surface area contributed by atoms with Gasteiger partial charge >= 0.3 is 6.18 Å². The number of carbonyl (C=O) groups excluding carboxylic acids is 1. The molecule has 37 heavy (non-hydrogen) atoms. The maximum Gasteiger partial charge on any atom is 0.416 e. The van der Waals surface area contributed by atoms with Crippen LogP contribution >= 0.6 is 0 Å². The molecule has 1 N–H and O–H groups in total. The number of rotatable bonds is 4. The van der Waals surface area contributed by atoms with Crippen LogP contribution < -0.4 is 10.2 Å². The van der Waals surface area contributed by atoms with E-state index in [2.05, 4.69) is 47.9 Å². The van der Waals surface area contributed by atoms with Crippen molar-refractivity contribution in [2.45, 2.75) is 82.5 Å². The summed E-state index contributed by atoms with van der Waals surface area (Å²) in [4.78, 5) is 27.2. The summed E-state index contributed by atoms with van der Waals surface area (Å²) < 4.78 is 39.5. The molecule has 2 aromatic rings. The zero-order valence-corrected chi connectivity index (χ0v) is 22.0. The first kappa shape index (κ1) is 25.9. The number of nitrogens with zero attached hydrogens (tertiary/aromatic N) is 4. The van der Waals surface area contributed by atoms with Gasteiger partial charge in [-0.15, -0.1) is 0 Å². The van der Waals surface area contributed by atoms with Gasteiger partial charge in [-0.05, 0) is 62.6 Å². The van der Waals surface area contributed by atoms with E-state index >= 15 is 0 Å². The van der Waals surface area contributed by atoms with Gasteiger partial charge in [0.2, 0.25) is 5.91 Å². The second-order valence-corrected chi connectivity index (χ2v) is 11.6. The first-order chi connectivity index (χ1) is 17.4. The summed E-state index contributed by atoms with van der Waals surface area (Å²) in [7, 11) is 0. The highest BCUT2D eigenvalue weighted by Crippen LogP contribution is 2.44. The van der Waals surface area contributed by atoms with E-state index in [9.17, 15) is 18.0 Å². The Hall–Kier alpha value is -2.68. The molecule has 2 fully saturated rings. The molecule has 200 valence electrons. The predicted octanol–water partition coefficient (Wildman–Crippen LogP) is 5.07. The van der Waals surface area contributed by atoms with Crippen LogP contribution in [0.3, 0.4) is 0 Å². The van der Waals surface area contributed by atoms with Crippen LogP contribution in [0.15, 0.2) is 30.6 Å². The third-order valence-electron chi connectivity index (χ3n) is 8.37. The van der Waals surface area contributed by atoms with E-state index in [-0.39, 0.29) is 17.5 Å². The number of hydrogen-bond donors (Lipinski definition) is 1. The van der Waals surface area contributed by atoms with Gasteiger partial charge < -0.3 is 15.1 Å². The number of piperazine rings is 1. The molecule has 1 unspecified atom stereocenters. The Labute approximate surface area is 216 Å². The third kappa shape index (κ3) is 5.07. The van der Waals surface area contributed by atoms with Crippen molar-refractivity contribution in [2.75, 3.05) is 31.1 Å². The van der Waals surface area contributed by atoms with Gasteiger partial charge in [-0.25, -0.2) is 9.97 Å². The van der Waals surface area contributed by atoms with Crippen molar-refractivity contribution in [3.05, 3.63) is 53.0 Å². The molecule has 1 amide bonds. The third-order valence-corrected chi connectivity index (χ3v) is 8.37. The molecule has 1 aromatic heterocycles. The maximum absolute atomic E-state index is 13.9. The molecule has 0 radical (unpaired) electrons. The number of alkyl halides is 3. The van der Waals surface area contributed by atoms with Gasteiger partial charge in [-0.2, -0.15) is 13.2 Å². The van der Waals surface area contributed by atoms with Crippen molar-refractivity contribution in [3.63, 3.8) is 0 Å². The highest BCUT2D eigenvalue weighted by Gasteiger charge is 2.41. The summed E-state index contributed by atoms with van der Waals surface area (Å²) in [5.41, 5.74) is 2.18. The second-order valence-electron chi connectivity index (χ2n) is 11.6. The summed E-state index contributed by atoms with van der Waals surface area (Å²) >= 11 is 0. The Morgan fingerprint density at radius 2 is 1.73 bits per heavy atom. The average molecular weight is 516 g/mol. The predicted molar refractivity (Wildman–Crippen MR) is 137 cm³/mol. The molecular formula is C28H36F3N5O. The molecule has 2 aliphatic heterocycles. The fourth-order valence-corrected chi connectivity index (χ4v) is 6.45. The van der Waals surface area contributed by atoms with Crippen molar-refractivity contribution >= 4 is 11.7 Å². The van der Waals surface area contributed by atoms with Crippen molar-refractivity contribution in [2.24, 2.45) is 0 Å². The van der Waals surface area contributed by atoms with Crippen LogP contribution in [0.25, 0.3) is 0 Å². The van der Waals surface area contributed by atoms with Gasteiger partial charge in [-0.3, -0.25) is 4.79 Å². The summed E-state index contributed by atoms with van der Waals surface area (Å²) in [6.07, 6.45) is 0.0185. The monoisotopic (exact) mass is 515 g/mol.